The van der Waals surface area contributed by atoms with Crippen molar-refractivity contribution in [1.29, 1.82) is 0 Å². The molecule has 6 rings (SSSR count). The maximum atomic E-state index is 13.5. The van der Waals surface area contributed by atoms with E-state index in [1.54, 1.807) is 11.0 Å². The summed E-state index contributed by atoms with van der Waals surface area (Å²) in [5.41, 5.74) is 4.47. The Balaban J connectivity index is 1.16. The van der Waals surface area contributed by atoms with Gasteiger partial charge in [0.1, 0.15) is 36.0 Å². The van der Waals surface area contributed by atoms with E-state index in [2.05, 4.69) is 0 Å². The van der Waals surface area contributed by atoms with Crippen molar-refractivity contribution in [2.24, 2.45) is 5.92 Å². The quantitative estimate of drug-likeness (QED) is 0.132. The summed E-state index contributed by atoms with van der Waals surface area (Å²) in [5.74, 6) is -0.914. The molecule has 4 aromatic rings. The number of nitrogens with zero attached hydrogens (tertiary/aromatic N) is 1. The third-order valence-corrected chi connectivity index (χ3v) is 9.60. The lowest BCUT2D eigenvalue weighted by Gasteiger charge is -2.48. The molecule has 0 radical (unpaired) electrons. The van der Waals surface area contributed by atoms with E-state index >= 15 is 0 Å². The van der Waals surface area contributed by atoms with Crippen LogP contribution in [-0.2, 0) is 16.0 Å². The molecule has 9 nitrogen and oxygen atoms in total. The maximum absolute atomic E-state index is 13.5. The second kappa shape index (κ2) is 14.5. The minimum Gasteiger partial charge on any atom is -0.508 e. The number of hydrogen-bond acceptors (Lipinski definition) is 8. The van der Waals surface area contributed by atoms with E-state index in [-0.39, 0.29) is 17.5 Å². The third kappa shape index (κ3) is 6.86. The number of carbonyl (C=O) groups excluding carboxylic acids is 1. The van der Waals surface area contributed by atoms with Crippen molar-refractivity contribution in [3.8, 4) is 16.9 Å². The Labute approximate surface area is 278 Å². The zero-order valence-corrected chi connectivity index (χ0v) is 26.2. The summed E-state index contributed by atoms with van der Waals surface area (Å²) in [4.78, 5) is 15.1. The van der Waals surface area contributed by atoms with Gasteiger partial charge in [-0.3, -0.25) is 4.79 Å². The van der Waals surface area contributed by atoms with E-state index < -0.39 is 55.2 Å². The molecule has 10 heteroatoms. The Bertz CT molecular complexity index is 1680. The van der Waals surface area contributed by atoms with Crippen LogP contribution in [0.15, 0.2) is 97.1 Å². The van der Waals surface area contributed by atoms with Crippen molar-refractivity contribution < 1.29 is 44.6 Å². The van der Waals surface area contributed by atoms with E-state index in [1.165, 1.54) is 24.3 Å². The molecule has 2 heterocycles. The van der Waals surface area contributed by atoms with Gasteiger partial charge in [0, 0.05) is 11.3 Å². The topological polar surface area (TPSA) is 151 Å². The predicted octanol–water partition coefficient (Wildman–Crippen LogP) is 4.19. The summed E-state index contributed by atoms with van der Waals surface area (Å²) in [6.07, 6.45) is -5.04. The minimum absolute atomic E-state index is 0.0432. The standard InChI is InChI=1S/C38H40FNO8/c39-26-14-11-24(12-15-26)30(42)18-17-29-34(40(38(29)47)27-4-2-1-3-5-27)28-16-13-25(20-31(28)43)23-9-6-22(7-10-23)8-19-32-35(44)37(46)36(45)33(21-41)48-32/h1-7,9-16,20,29-30,32-37,41-46H,8,17-19,21H2/t29-,30+,32+,33-,34-,35+,36-,37-/m1/s1. The number of phenols is 1. The number of aryl methyl sites for hydroxylation is 1. The van der Waals surface area contributed by atoms with Gasteiger partial charge in [-0.05, 0) is 78.3 Å². The first-order valence-electron chi connectivity index (χ1n) is 16.2. The lowest BCUT2D eigenvalue weighted by molar-refractivity contribution is -0.230. The van der Waals surface area contributed by atoms with Crippen molar-refractivity contribution in [3.63, 3.8) is 0 Å². The van der Waals surface area contributed by atoms with Crippen molar-refractivity contribution in [1.82, 2.24) is 0 Å². The molecule has 8 atom stereocenters. The van der Waals surface area contributed by atoms with E-state index in [0.29, 0.717) is 42.5 Å². The fourth-order valence-corrected chi connectivity index (χ4v) is 6.81. The number of hydrogen-bond donors (Lipinski definition) is 6. The van der Waals surface area contributed by atoms with E-state index in [9.17, 15) is 39.8 Å². The average molecular weight is 658 g/mol. The molecule has 2 fully saturated rings. The molecule has 48 heavy (non-hydrogen) atoms. The van der Waals surface area contributed by atoms with Crippen molar-refractivity contribution in [2.45, 2.75) is 68.3 Å². The molecule has 252 valence electrons. The largest absolute Gasteiger partial charge is 0.508 e. The highest BCUT2D eigenvalue weighted by molar-refractivity contribution is 6.03. The Kier molecular flexibility index (Phi) is 10.2. The monoisotopic (exact) mass is 657 g/mol. The number of aliphatic hydroxyl groups excluding tert-OH is 5. The molecule has 0 unspecified atom stereocenters. The Morgan fingerprint density at radius 3 is 2.12 bits per heavy atom. The van der Waals surface area contributed by atoms with Gasteiger partial charge in [-0.1, -0.05) is 66.7 Å². The molecule has 1 amide bonds. The third-order valence-electron chi connectivity index (χ3n) is 9.60. The SMILES string of the molecule is O=C1[C@H](CC[C@H](O)c2ccc(F)cc2)[C@@H](c2ccc(-c3ccc(CC[C@@H]4O[C@H](CO)[C@@H](O)[C@H](O)[C@H]4O)cc3)cc2O)N1c1ccccc1. The molecule has 2 saturated heterocycles. The Morgan fingerprint density at radius 1 is 0.792 bits per heavy atom. The number of aromatic hydroxyl groups is 1. The molecule has 2 aliphatic heterocycles. The number of phenolic OH excluding ortho intramolecular Hbond substituents is 1. The van der Waals surface area contributed by atoms with Crippen molar-refractivity contribution in [3.05, 3.63) is 120 Å². The molecule has 0 bridgehead atoms. The average Bonchev–Trinajstić information content (AvgIpc) is 3.10. The van der Waals surface area contributed by atoms with Gasteiger partial charge >= 0.3 is 0 Å². The fourth-order valence-electron chi connectivity index (χ4n) is 6.81. The highest BCUT2D eigenvalue weighted by atomic mass is 19.1. The number of anilines is 1. The number of halogens is 1. The Morgan fingerprint density at radius 2 is 1.46 bits per heavy atom. The first kappa shape index (κ1) is 33.7. The fraction of sp³-hybridized carbons (Fsp3) is 0.342. The normalized spacial score (nSPS) is 26.2. The van der Waals surface area contributed by atoms with Crippen LogP contribution < -0.4 is 4.90 Å². The number of carbonyl (C=O) groups is 1. The van der Waals surface area contributed by atoms with Gasteiger partial charge in [0.05, 0.1) is 30.8 Å². The Hall–Kier alpha value is -4.16. The van der Waals surface area contributed by atoms with E-state index in [0.717, 1.165) is 16.7 Å². The van der Waals surface area contributed by atoms with Gasteiger partial charge < -0.3 is 40.3 Å². The lowest BCUT2D eigenvalue weighted by atomic mass is 9.77. The lowest BCUT2D eigenvalue weighted by Crippen LogP contribution is -2.58. The molecule has 0 aliphatic carbocycles. The number of aliphatic hydroxyl groups is 5. The second-order valence-electron chi connectivity index (χ2n) is 12.6. The molecule has 2 aliphatic rings. The van der Waals surface area contributed by atoms with Crippen LogP contribution >= 0.6 is 0 Å². The van der Waals surface area contributed by atoms with E-state index in [1.807, 2.05) is 66.7 Å². The van der Waals surface area contributed by atoms with Crippen LogP contribution in [0.1, 0.15) is 48.1 Å². The van der Waals surface area contributed by atoms with Gasteiger partial charge in [0.2, 0.25) is 5.91 Å². The summed E-state index contributed by atoms with van der Waals surface area (Å²) in [5, 5.41) is 61.9. The van der Waals surface area contributed by atoms with Crippen LogP contribution in [0.25, 0.3) is 11.1 Å². The van der Waals surface area contributed by atoms with Gasteiger partial charge in [-0.25, -0.2) is 4.39 Å². The molecule has 0 spiro atoms. The molecule has 0 saturated carbocycles. The first-order chi connectivity index (χ1) is 23.2. The highest BCUT2D eigenvalue weighted by Gasteiger charge is 2.49. The molecular formula is C38H40FNO8. The number of benzene rings is 4. The first-order valence-corrected chi connectivity index (χ1v) is 16.2. The molecular weight excluding hydrogens is 617 g/mol. The van der Waals surface area contributed by atoms with Gasteiger partial charge in [-0.15, -0.1) is 0 Å². The molecule has 4 aromatic carbocycles. The van der Waals surface area contributed by atoms with Crippen LogP contribution in [0.3, 0.4) is 0 Å². The maximum Gasteiger partial charge on any atom is 0.233 e. The van der Waals surface area contributed by atoms with Crippen molar-refractivity contribution >= 4 is 11.6 Å². The number of amides is 1. The van der Waals surface area contributed by atoms with Crippen LogP contribution in [0.2, 0.25) is 0 Å². The van der Waals surface area contributed by atoms with Crippen LogP contribution in [-0.4, -0.2) is 73.7 Å². The summed E-state index contributed by atoms with van der Waals surface area (Å²) >= 11 is 0. The van der Waals surface area contributed by atoms with Gasteiger partial charge in [0.15, 0.2) is 0 Å². The van der Waals surface area contributed by atoms with Gasteiger partial charge in [0.25, 0.3) is 0 Å². The summed E-state index contributed by atoms with van der Waals surface area (Å²) in [6, 6.07) is 27.6. The van der Waals surface area contributed by atoms with Crippen LogP contribution in [0, 0.1) is 11.7 Å². The zero-order chi connectivity index (χ0) is 33.9. The van der Waals surface area contributed by atoms with E-state index in [4.69, 9.17) is 4.74 Å². The molecule has 6 N–H and O–H groups in total. The minimum atomic E-state index is -1.40. The number of ether oxygens (including phenoxy) is 1. The van der Waals surface area contributed by atoms with Crippen LogP contribution in [0.5, 0.6) is 5.75 Å². The zero-order valence-electron chi connectivity index (χ0n) is 26.2. The summed E-state index contributed by atoms with van der Waals surface area (Å²) < 4.78 is 19.0. The van der Waals surface area contributed by atoms with Gasteiger partial charge in [-0.2, -0.15) is 0 Å². The summed E-state index contributed by atoms with van der Waals surface area (Å²) in [7, 11) is 0. The van der Waals surface area contributed by atoms with Crippen molar-refractivity contribution in [2.75, 3.05) is 11.5 Å². The highest BCUT2D eigenvalue weighted by Crippen LogP contribution is 2.49. The number of β-lactam (4-membered cyclic amide) rings is 1. The number of rotatable bonds is 11. The smallest absolute Gasteiger partial charge is 0.233 e. The molecule has 0 aromatic heterocycles. The summed E-state index contributed by atoms with van der Waals surface area (Å²) in [6.45, 7) is -0.468. The van der Waals surface area contributed by atoms with Crippen LogP contribution in [0.4, 0.5) is 10.1 Å². The number of para-hydroxylation sites is 1. The second-order valence-corrected chi connectivity index (χ2v) is 12.6. The predicted molar refractivity (Wildman–Crippen MR) is 176 cm³/mol.